The van der Waals surface area contributed by atoms with Gasteiger partial charge in [0.15, 0.2) is 0 Å². The monoisotopic (exact) mass is 282 g/mol. The fraction of sp³-hybridized carbons (Fsp3) is 0.474. The van der Waals surface area contributed by atoms with E-state index in [-0.39, 0.29) is 0 Å². The van der Waals surface area contributed by atoms with Crippen LogP contribution in [-0.2, 0) is 6.42 Å². The van der Waals surface area contributed by atoms with Crippen molar-refractivity contribution in [2.45, 2.75) is 38.0 Å². The summed E-state index contributed by atoms with van der Waals surface area (Å²) in [7, 11) is 0. The van der Waals surface area contributed by atoms with Crippen molar-refractivity contribution in [1.29, 1.82) is 0 Å². The van der Waals surface area contributed by atoms with Crippen molar-refractivity contribution < 1.29 is 0 Å². The fourth-order valence-electron chi connectivity index (χ4n) is 3.51. The Hall–Kier alpha value is -1.54. The number of allylic oxidation sites excluding steroid dienone is 2. The van der Waals surface area contributed by atoms with Gasteiger partial charge >= 0.3 is 0 Å². The van der Waals surface area contributed by atoms with Gasteiger partial charge in [-0.3, -0.25) is 0 Å². The van der Waals surface area contributed by atoms with Crippen molar-refractivity contribution in [3.63, 3.8) is 0 Å². The first-order chi connectivity index (χ1) is 10.2. The first-order valence-corrected chi connectivity index (χ1v) is 8.15. The van der Waals surface area contributed by atoms with Crippen LogP contribution >= 0.6 is 0 Å². The van der Waals surface area contributed by atoms with E-state index in [2.05, 4.69) is 48.1 Å². The Morgan fingerprint density at radius 3 is 2.38 bits per heavy atom. The smallest absolute Gasteiger partial charge is 0.0110 e. The van der Waals surface area contributed by atoms with Crippen molar-refractivity contribution in [3.8, 4) is 0 Å². The zero-order chi connectivity index (χ0) is 14.7. The Balaban J connectivity index is 1.61. The molecule has 0 spiro atoms. The van der Waals surface area contributed by atoms with E-state index in [1.807, 2.05) is 0 Å². The molecule has 2 aliphatic rings. The van der Waals surface area contributed by atoms with Crippen LogP contribution < -0.4 is 10.6 Å². The highest BCUT2D eigenvalue weighted by molar-refractivity contribution is 5.27. The minimum atomic E-state index is 0.542. The minimum absolute atomic E-state index is 0.542. The van der Waals surface area contributed by atoms with Gasteiger partial charge in [-0.05, 0) is 62.2 Å². The lowest BCUT2D eigenvalue weighted by Crippen LogP contribution is -2.26. The summed E-state index contributed by atoms with van der Waals surface area (Å²) < 4.78 is 0. The van der Waals surface area contributed by atoms with Crippen molar-refractivity contribution in [3.05, 3.63) is 59.9 Å². The van der Waals surface area contributed by atoms with Crippen LogP contribution in [0.5, 0.6) is 0 Å². The summed E-state index contributed by atoms with van der Waals surface area (Å²) in [6, 6.07) is 9.30. The number of rotatable bonds is 3. The summed E-state index contributed by atoms with van der Waals surface area (Å²) >= 11 is 0. The first kappa shape index (κ1) is 14.4. The Bertz CT molecular complexity index is 509. The number of piperidine rings is 2. The molecule has 2 N–H and O–H groups in total. The molecule has 2 nitrogen and oxygen atoms in total. The standard InChI is InChI=1S/C19H26N2/c1-14-3-6-19(15(2)21-14)13-16-4-7-17(8-5-16)18-9-11-20-12-10-18/h4-5,7-8,18-21H,1-3,6,9-13H2. The van der Waals surface area contributed by atoms with Crippen LogP contribution in [0.15, 0.2) is 48.8 Å². The van der Waals surface area contributed by atoms with Gasteiger partial charge in [0, 0.05) is 17.3 Å². The van der Waals surface area contributed by atoms with Crippen LogP contribution in [0.25, 0.3) is 0 Å². The third-order valence-electron chi connectivity index (χ3n) is 4.90. The first-order valence-electron chi connectivity index (χ1n) is 8.15. The normalized spacial score (nSPS) is 23.9. The molecule has 3 rings (SSSR count). The van der Waals surface area contributed by atoms with Gasteiger partial charge < -0.3 is 10.6 Å². The molecule has 2 heteroatoms. The molecule has 1 atom stereocenters. The predicted octanol–water partition coefficient (Wildman–Crippen LogP) is 3.72. The molecule has 2 saturated heterocycles. The summed E-state index contributed by atoms with van der Waals surface area (Å²) in [5.74, 6) is 1.29. The molecule has 0 radical (unpaired) electrons. The molecule has 112 valence electrons. The maximum Gasteiger partial charge on any atom is 0.0110 e. The number of hydrogen-bond donors (Lipinski definition) is 2. The average Bonchev–Trinajstić information content (AvgIpc) is 2.52. The van der Waals surface area contributed by atoms with Crippen LogP contribution in [0.1, 0.15) is 42.7 Å². The van der Waals surface area contributed by atoms with Crippen LogP contribution in [0, 0.1) is 5.92 Å². The number of nitrogens with one attached hydrogen (secondary N) is 2. The number of hydrogen-bond acceptors (Lipinski definition) is 2. The van der Waals surface area contributed by atoms with Crippen LogP contribution in [0.2, 0.25) is 0 Å². The maximum atomic E-state index is 4.15. The molecule has 1 aromatic rings. The van der Waals surface area contributed by atoms with Gasteiger partial charge in [0.2, 0.25) is 0 Å². The van der Waals surface area contributed by atoms with E-state index >= 15 is 0 Å². The minimum Gasteiger partial charge on any atom is -0.363 e. The van der Waals surface area contributed by atoms with E-state index in [1.165, 1.54) is 30.4 Å². The van der Waals surface area contributed by atoms with Crippen LogP contribution in [0.3, 0.4) is 0 Å². The maximum absolute atomic E-state index is 4.15. The van der Waals surface area contributed by atoms with Crippen molar-refractivity contribution >= 4 is 0 Å². The topological polar surface area (TPSA) is 24.1 Å². The van der Waals surface area contributed by atoms with Gasteiger partial charge in [-0.2, -0.15) is 0 Å². The van der Waals surface area contributed by atoms with E-state index in [0.717, 1.165) is 43.2 Å². The van der Waals surface area contributed by atoms with E-state index in [1.54, 1.807) is 0 Å². The molecule has 2 heterocycles. The van der Waals surface area contributed by atoms with Crippen molar-refractivity contribution in [1.82, 2.24) is 10.6 Å². The summed E-state index contributed by atoms with van der Waals surface area (Å²) in [6.07, 6.45) is 5.86. The summed E-state index contributed by atoms with van der Waals surface area (Å²) in [5.41, 5.74) is 5.17. The van der Waals surface area contributed by atoms with Crippen LogP contribution in [0.4, 0.5) is 0 Å². The van der Waals surface area contributed by atoms with E-state index < -0.39 is 0 Å². The SMILES string of the molecule is C=C1CCC(Cc2ccc(C3CCNCC3)cc2)C(=C)N1. The molecule has 1 unspecified atom stereocenters. The molecule has 0 bridgehead atoms. The molecule has 21 heavy (non-hydrogen) atoms. The zero-order valence-corrected chi connectivity index (χ0v) is 12.8. The summed E-state index contributed by atoms with van der Waals surface area (Å²) in [5, 5.41) is 6.75. The quantitative estimate of drug-likeness (QED) is 0.883. The zero-order valence-electron chi connectivity index (χ0n) is 12.8. The van der Waals surface area contributed by atoms with Gasteiger partial charge in [0.05, 0.1) is 0 Å². The van der Waals surface area contributed by atoms with E-state index in [9.17, 15) is 0 Å². The second-order valence-corrected chi connectivity index (χ2v) is 6.46. The molecule has 2 aliphatic heterocycles. The van der Waals surface area contributed by atoms with Gasteiger partial charge in [-0.1, -0.05) is 37.4 Å². The largest absolute Gasteiger partial charge is 0.363 e. The fourth-order valence-corrected chi connectivity index (χ4v) is 3.51. The van der Waals surface area contributed by atoms with Gasteiger partial charge in [0.25, 0.3) is 0 Å². The molecular formula is C19H26N2. The lowest BCUT2D eigenvalue weighted by molar-refractivity contribution is 0.460. The molecule has 1 aromatic carbocycles. The Labute approximate surface area is 128 Å². The predicted molar refractivity (Wildman–Crippen MR) is 89.1 cm³/mol. The highest BCUT2D eigenvalue weighted by Gasteiger charge is 2.20. The second-order valence-electron chi connectivity index (χ2n) is 6.46. The lowest BCUT2D eigenvalue weighted by atomic mass is 9.86. The van der Waals surface area contributed by atoms with Crippen LogP contribution in [-0.4, -0.2) is 13.1 Å². The lowest BCUT2D eigenvalue weighted by Gasteiger charge is -2.28. The molecule has 0 aliphatic carbocycles. The molecule has 0 saturated carbocycles. The Morgan fingerprint density at radius 1 is 1.00 bits per heavy atom. The summed E-state index contributed by atoms with van der Waals surface area (Å²) in [4.78, 5) is 0. The third kappa shape index (κ3) is 3.56. The molecule has 0 aromatic heterocycles. The number of benzene rings is 1. The molecule has 2 fully saturated rings. The average molecular weight is 282 g/mol. The molecule has 0 amide bonds. The Kier molecular flexibility index (Phi) is 4.45. The van der Waals surface area contributed by atoms with E-state index in [0.29, 0.717) is 5.92 Å². The van der Waals surface area contributed by atoms with Crippen molar-refractivity contribution in [2.24, 2.45) is 5.92 Å². The molecular weight excluding hydrogens is 256 g/mol. The highest BCUT2D eigenvalue weighted by atomic mass is 14.9. The highest BCUT2D eigenvalue weighted by Crippen LogP contribution is 2.28. The van der Waals surface area contributed by atoms with Gasteiger partial charge in [-0.15, -0.1) is 0 Å². The Morgan fingerprint density at radius 2 is 1.71 bits per heavy atom. The summed E-state index contributed by atoms with van der Waals surface area (Å²) in [6.45, 7) is 10.5. The van der Waals surface area contributed by atoms with E-state index in [4.69, 9.17) is 0 Å². The van der Waals surface area contributed by atoms with Gasteiger partial charge in [0.1, 0.15) is 0 Å². The van der Waals surface area contributed by atoms with Gasteiger partial charge in [-0.25, -0.2) is 0 Å². The van der Waals surface area contributed by atoms with Crippen molar-refractivity contribution in [2.75, 3.05) is 13.1 Å². The third-order valence-corrected chi connectivity index (χ3v) is 4.90. The second kappa shape index (κ2) is 6.48.